The molecule has 1 aromatic carbocycles. The van der Waals surface area contributed by atoms with E-state index in [4.69, 9.17) is 0 Å². The third-order valence-corrected chi connectivity index (χ3v) is 5.19. The number of hydrogen-bond acceptors (Lipinski definition) is 3. The molecular weight excluding hydrogens is 290 g/mol. The minimum absolute atomic E-state index is 0.102. The number of carbonyl (C=O) groups is 1. The maximum absolute atomic E-state index is 11.5. The van der Waals surface area contributed by atoms with Gasteiger partial charge in [0.25, 0.3) is 0 Å². The minimum atomic E-state index is 0.102. The summed E-state index contributed by atoms with van der Waals surface area (Å²) in [5.74, 6) is 0.102. The van der Waals surface area contributed by atoms with Crippen LogP contribution in [0.2, 0.25) is 0 Å². The predicted molar refractivity (Wildman–Crippen MR) is 94.8 cm³/mol. The molecule has 22 heavy (non-hydrogen) atoms. The van der Waals surface area contributed by atoms with E-state index < -0.39 is 0 Å². The Hall–Kier alpha value is -1.48. The molecule has 1 aromatic heterocycles. The summed E-state index contributed by atoms with van der Waals surface area (Å²) in [4.78, 5) is 16.8. The van der Waals surface area contributed by atoms with Gasteiger partial charge in [-0.1, -0.05) is 56.9 Å². The highest BCUT2D eigenvalue weighted by atomic mass is 32.1. The standard InChI is InChI=1S/C19H25NOS/c1-4-5-6-7-8-9-16-10-12-17(13-11-16)19-20-14(2)18(22-19)15(3)21/h10-13H,4-9H2,1-3H3. The summed E-state index contributed by atoms with van der Waals surface area (Å²) in [5.41, 5.74) is 3.34. The minimum Gasteiger partial charge on any atom is -0.294 e. The molecule has 0 amide bonds. The Morgan fingerprint density at radius 3 is 2.36 bits per heavy atom. The largest absolute Gasteiger partial charge is 0.294 e. The van der Waals surface area contributed by atoms with E-state index >= 15 is 0 Å². The first kappa shape index (κ1) is 16.9. The van der Waals surface area contributed by atoms with E-state index in [0.29, 0.717) is 0 Å². The second kappa shape index (κ2) is 8.23. The summed E-state index contributed by atoms with van der Waals surface area (Å²) >= 11 is 1.49. The lowest BCUT2D eigenvalue weighted by atomic mass is 10.0. The number of benzene rings is 1. The van der Waals surface area contributed by atoms with Crippen LogP contribution in [0, 0.1) is 6.92 Å². The first-order valence-electron chi connectivity index (χ1n) is 8.19. The summed E-state index contributed by atoms with van der Waals surface area (Å²) in [6.45, 7) is 5.75. The number of aromatic nitrogens is 1. The van der Waals surface area contributed by atoms with Crippen LogP contribution in [0.1, 0.15) is 66.9 Å². The molecule has 2 nitrogen and oxygen atoms in total. The zero-order chi connectivity index (χ0) is 15.9. The van der Waals surface area contributed by atoms with Gasteiger partial charge in [0.2, 0.25) is 0 Å². The van der Waals surface area contributed by atoms with Crippen LogP contribution in [-0.2, 0) is 6.42 Å². The van der Waals surface area contributed by atoms with Crippen LogP contribution in [0.5, 0.6) is 0 Å². The first-order chi connectivity index (χ1) is 10.6. The third-order valence-electron chi connectivity index (χ3n) is 3.89. The van der Waals surface area contributed by atoms with Gasteiger partial charge in [-0.05, 0) is 25.3 Å². The van der Waals surface area contributed by atoms with Crippen molar-refractivity contribution in [3.8, 4) is 10.6 Å². The van der Waals surface area contributed by atoms with Crippen molar-refractivity contribution in [3.05, 3.63) is 40.4 Å². The number of Topliss-reactive ketones (excluding diaryl/α,β-unsaturated/α-hetero) is 1. The molecule has 0 aliphatic rings. The summed E-state index contributed by atoms with van der Waals surface area (Å²) in [7, 11) is 0. The molecule has 0 fully saturated rings. The smallest absolute Gasteiger partial charge is 0.171 e. The highest BCUT2D eigenvalue weighted by Gasteiger charge is 2.12. The van der Waals surface area contributed by atoms with Crippen molar-refractivity contribution >= 4 is 17.1 Å². The second-order valence-electron chi connectivity index (χ2n) is 5.85. The molecule has 0 radical (unpaired) electrons. The van der Waals surface area contributed by atoms with Crippen molar-refractivity contribution < 1.29 is 4.79 Å². The Kier molecular flexibility index (Phi) is 6.32. The number of ketones is 1. The maximum Gasteiger partial charge on any atom is 0.171 e. The number of rotatable bonds is 8. The zero-order valence-corrected chi connectivity index (χ0v) is 14.6. The van der Waals surface area contributed by atoms with Crippen molar-refractivity contribution in [2.75, 3.05) is 0 Å². The van der Waals surface area contributed by atoms with Crippen molar-refractivity contribution in [1.82, 2.24) is 4.98 Å². The molecule has 118 valence electrons. The summed E-state index contributed by atoms with van der Waals surface area (Å²) in [6.07, 6.45) is 7.73. The Balaban J connectivity index is 1.97. The Morgan fingerprint density at radius 1 is 1.09 bits per heavy atom. The van der Waals surface area contributed by atoms with Crippen molar-refractivity contribution in [2.24, 2.45) is 0 Å². The molecule has 0 aliphatic heterocycles. The fraction of sp³-hybridized carbons (Fsp3) is 0.474. The van der Waals surface area contributed by atoms with Crippen molar-refractivity contribution in [3.63, 3.8) is 0 Å². The SMILES string of the molecule is CCCCCCCc1ccc(-c2nc(C)c(C(C)=O)s2)cc1. The summed E-state index contributed by atoms with van der Waals surface area (Å²) in [5, 5.41) is 0.942. The number of thiazole rings is 1. The van der Waals surface area contributed by atoms with Gasteiger partial charge in [-0.2, -0.15) is 0 Å². The van der Waals surface area contributed by atoms with Gasteiger partial charge >= 0.3 is 0 Å². The van der Waals surface area contributed by atoms with Crippen LogP contribution < -0.4 is 0 Å². The number of hydrogen-bond donors (Lipinski definition) is 0. The molecule has 2 rings (SSSR count). The molecule has 0 aliphatic carbocycles. The van der Waals surface area contributed by atoms with Gasteiger partial charge in [0, 0.05) is 12.5 Å². The molecule has 0 unspecified atom stereocenters. The molecule has 0 saturated carbocycles. The molecule has 2 aromatic rings. The average Bonchev–Trinajstić information content (AvgIpc) is 2.90. The molecule has 0 saturated heterocycles. The van der Waals surface area contributed by atoms with Gasteiger partial charge in [0.05, 0.1) is 10.6 Å². The summed E-state index contributed by atoms with van der Waals surface area (Å²) < 4.78 is 0. The van der Waals surface area contributed by atoms with Gasteiger partial charge in [-0.25, -0.2) is 4.98 Å². The zero-order valence-electron chi connectivity index (χ0n) is 13.8. The van der Waals surface area contributed by atoms with E-state index in [-0.39, 0.29) is 5.78 Å². The van der Waals surface area contributed by atoms with Gasteiger partial charge in [-0.15, -0.1) is 11.3 Å². The van der Waals surface area contributed by atoms with Crippen LogP contribution in [0.25, 0.3) is 10.6 Å². The fourth-order valence-corrected chi connectivity index (χ4v) is 3.56. The van der Waals surface area contributed by atoms with E-state index in [2.05, 4.69) is 36.2 Å². The molecule has 3 heteroatoms. The van der Waals surface area contributed by atoms with E-state index in [1.165, 1.54) is 49.0 Å². The highest BCUT2D eigenvalue weighted by molar-refractivity contribution is 7.17. The lowest BCUT2D eigenvalue weighted by Gasteiger charge is -2.03. The normalized spacial score (nSPS) is 10.9. The Morgan fingerprint density at radius 2 is 1.77 bits per heavy atom. The molecule has 0 bridgehead atoms. The van der Waals surface area contributed by atoms with Crippen LogP contribution >= 0.6 is 11.3 Å². The van der Waals surface area contributed by atoms with Gasteiger partial charge in [0.15, 0.2) is 5.78 Å². The maximum atomic E-state index is 11.5. The number of carbonyl (C=O) groups excluding carboxylic acids is 1. The lowest BCUT2D eigenvalue weighted by Crippen LogP contribution is -1.89. The Bertz CT molecular complexity index is 613. The van der Waals surface area contributed by atoms with Crippen molar-refractivity contribution in [1.29, 1.82) is 0 Å². The van der Waals surface area contributed by atoms with Gasteiger partial charge in [0.1, 0.15) is 5.01 Å². The topological polar surface area (TPSA) is 30.0 Å². The van der Waals surface area contributed by atoms with E-state index in [0.717, 1.165) is 27.6 Å². The van der Waals surface area contributed by atoms with E-state index in [1.54, 1.807) is 6.92 Å². The van der Waals surface area contributed by atoms with Crippen LogP contribution in [0.4, 0.5) is 0 Å². The highest BCUT2D eigenvalue weighted by Crippen LogP contribution is 2.28. The number of unbranched alkanes of at least 4 members (excludes halogenated alkanes) is 4. The number of nitrogens with zero attached hydrogens (tertiary/aromatic N) is 1. The fourth-order valence-electron chi connectivity index (χ4n) is 2.59. The van der Waals surface area contributed by atoms with Gasteiger partial charge < -0.3 is 0 Å². The summed E-state index contributed by atoms with van der Waals surface area (Å²) in [6, 6.07) is 8.64. The molecule has 0 N–H and O–H groups in total. The molecule has 0 atom stereocenters. The quantitative estimate of drug-likeness (QED) is 0.453. The van der Waals surface area contributed by atoms with E-state index in [9.17, 15) is 4.79 Å². The second-order valence-corrected chi connectivity index (χ2v) is 6.85. The predicted octanol–water partition coefficient (Wildman–Crippen LogP) is 5.83. The first-order valence-corrected chi connectivity index (χ1v) is 9.01. The van der Waals surface area contributed by atoms with Gasteiger partial charge in [-0.3, -0.25) is 4.79 Å². The molecular formula is C19H25NOS. The third kappa shape index (κ3) is 4.51. The molecule has 0 spiro atoms. The van der Waals surface area contributed by atoms with Crippen LogP contribution in [0.15, 0.2) is 24.3 Å². The van der Waals surface area contributed by atoms with E-state index in [1.807, 2.05) is 6.92 Å². The monoisotopic (exact) mass is 315 g/mol. The Labute approximate surface area is 137 Å². The average molecular weight is 315 g/mol. The van der Waals surface area contributed by atoms with Crippen LogP contribution in [-0.4, -0.2) is 10.8 Å². The molecule has 1 heterocycles. The van der Waals surface area contributed by atoms with Crippen molar-refractivity contribution in [2.45, 2.75) is 59.3 Å². The lowest BCUT2D eigenvalue weighted by molar-refractivity contribution is 0.102. The van der Waals surface area contributed by atoms with Crippen LogP contribution in [0.3, 0.4) is 0 Å². The number of aryl methyl sites for hydroxylation is 2.